The van der Waals surface area contributed by atoms with Crippen LogP contribution in [0.2, 0.25) is 0 Å². The van der Waals surface area contributed by atoms with E-state index >= 15 is 0 Å². The lowest BCUT2D eigenvalue weighted by molar-refractivity contribution is -0.142. The number of fused-ring (bicyclic) bond motifs is 1. The van der Waals surface area contributed by atoms with Gasteiger partial charge in [0.25, 0.3) is 0 Å². The smallest absolute Gasteiger partial charge is 0.329 e. The third-order valence-corrected chi connectivity index (χ3v) is 3.88. The summed E-state index contributed by atoms with van der Waals surface area (Å²) in [6.07, 6.45) is 0. The lowest BCUT2D eigenvalue weighted by atomic mass is 10.1. The number of rotatable bonds is 8. The van der Waals surface area contributed by atoms with Gasteiger partial charge in [-0.25, -0.2) is 4.79 Å². The van der Waals surface area contributed by atoms with Crippen LogP contribution in [-0.2, 0) is 14.3 Å². The summed E-state index contributed by atoms with van der Waals surface area (Å²) in [5, 5.41) is 13.4. The van der Waals surface area contributed by atoms with Crippen molar-refractivity contribution < 1.29 is 19.4 Å². The fraction of sp³-hybridized carbons (Fsp3) is 0.250. The zero-order chi connectivity index (χ0) is 15.8. The van der Waals surface area contributed by atoms with Crippen LogP contribution >= 0.6 is 11.8 Å². The molecule has 0 radical (unpaired) electrons. The van der Waals surface area contributed by atoms with Crippen molar-refractivity contribution in [3.63, 3.8) is 0 Å². The van der Waals surface area contributed by atoms with E-state index in [4.69, 9.17) is 9.84 Å². The van der Waals surface area contributed by atoms with Gasteiger partial charge < -0.3 is 15.2 Å². The molecule has 0 saturated carbocycles. The Balaban J connectivity index is 1.72. The Morgan fingerprint density at radius 1 is 1.14 bits per heavy atom. The standard InChI is InChI=1S/C16H17NO4S/c18-15(17-7-8-21-10-16(19)20)11-22-14-6-5-12-3-1-2-4-13(12)9-14/h1-6,9H,7-8,10-11H2,(H,17,18)(H,19,20). The quantitative estimate of drug-likeness (QED) is 0.576. The molecule has 1 amide bonds. The minimum atomic E-state index is -1.02. The van der Waals surface area contributed by atoms with Crippen molar-refractivity contribution >= 4 is 34.4 Å². The van der Waals surface area contributed by atoms with Crippen molar-refractivity contribution in [2.75, 3.05) is 25.5 Å². The van der Waals surface area contributed by atoms with Gasteiger partial charge >= 0.3 is 5.97 Å². The summed E-state index contributed by atoms with van der Waals surface area (Å²) in [5.41, 5.74) is 0. The first kappa shape index (κ1) is 16.3. The fourth-order valence-corrected chi connectivity index (χ4v) is 2.65. The number of hydrogen-bond acceptors (Lipinski definition) is 4. The third kappa shape index (κ3) is 5.38. The molecule has 2 N–H and O–H groups in total. The monoisotopic (exact) mass is 319 g/mol. The predicted molar refractivity (Wildman–Crippen MR) is 86.1 cm³/mol. The zero-order valence-corrected chi connectivity index (χ0v) is 12.8. The molecule has 0 aliphatic rings. The van der Waals surface area contributed by atoms with E-state index < -0.39 is 5.97 Å². The van der Waals surface area contributed by atoms with Gasteiger partial charge in [-0.05, 0) is 22.9 Å². The van der Waals surface area contributed by atoms with Crippen molar-refractivity contribution in [2.24, 2.45) is 0 Å². The van der Waals surface area contributed by atoms with Gasteiger partial charge in [0, 0.05) is 11.4 Å². The second-order valence-corrected chi connectivity index (χ2v) is 5.64. The van der Waals surface area contributed by atoms with E-state index in [1.54, 1.807) is 0 Å². The number of hydrogen-bond donors (Lipinski definition) is 2. The summed E-state index contributed by atoms with van der Waals surface area (Å²) in [6.45, 7) is 0.158. The molecule has 5 nitrogen and oxygen atoms in total. The second-order valence-electron chi connectivity index (χ2n) is 4.59. The lowest BCUT2D eigenvalue weighted by Gasteiger charge is -2.06. The molecule has 0 heterocycles. The third-order valence-electron chi connectivity index (χ3n) is 2.88. The van der Waals surface area contributed by atoms with Crippen molar-refractivity contribution in [2.45, 2.75) is 4.90 Å². The summed E-state index contributed by atoms with van der Waals surface area (Å²) in [6, 6.07) is 14.2. The first-order valence-electron chi connectivity index (χ1n) is 6.83. The molecule has 0 fully saturated rings. The van der Waals surface area contributed by atoms with Crippen LogP contribution in [0.5, 0.6) is 0 Å². The Kier molecular flexibility index (Phi) is 6.24. The van der Waals surface area contributed by atoms with E-state index in [0.29, 0.717) is 12.3 Å². The van der Waals surface area contributed by atoms with E-state index in [1.165, 1.54) is 17.1 Å². The van der Waals surface area contributed by atoms with Crippen LogP contribution in [0.3, 0.4) is 0 Å². The van der Waals surface area contributed by atoms with Gasteiger partial charge in [-0.2, -0.15) is 0 Å². The number of carboxylic acids is 1. The number of aliphatic carboxylic acids is 1. The van der Waals surface area contributed by atoms with Gasteiger partial charge in [0.1, 0.15) is 6.61 Å². The zero-order valence-electron chi connectivity index (χ0n) is 12.0. The Hall–Kier alpha value is -2.05. The molecule has 0 aliphatic carbocycles. The summed E-state index contributed by atoms with van der Waals surface area (Å²) < 4.78 is 4.84. The topological polar surface area (TPSA) is 75.6 Å². The minimum absolute atomic E-state index is 0.0999. The highest BCUT2D eigenvalue weighted by Crippen LogP contribution is 2.23. The Morgan fingerprint density at radius 3 is 2.68 bits per heavy atom. The number of carbonyl (C=O) groups excluding carboxylic acids is 1. The lowest BCUT2D eigenvalue weighted by Crippen LogP contribution is -2.29. The molecule has 116 valence electrons. The molecule has 0 bridgehead atoms. The average Bonchev–Trinajstić information content (AvgIpc) is 2.52. The highest BCUT2D eigenvalue weighted by atomic mass is 32.2. The Labute approximate surface area is 132 Å². The largest absolute Gasteiger partial charge is 0.480 e. The molecular weight excluding hydrogens is 302 g/mol. The first-order valence-corrected chi connectivity index (χ1v) is 7.81. The number of nitrogens with one attached hydrogen (secondary N) is 1. The Morgan fingerprint density at radius 2 is 1.91 bits per heavy atom. The highest BCUT2D eigenvalue weighted by molar-refractivity contribution is 8.00. The van der Waals surface area contributed by atoms with Crippen LogP contribution in [0, 0.1) is 0 Å². The summed E-state index contributed by atoms with van der Waals surface area (Å²) in [7, 11) is 0. The van der Waals surface area contributed by atoms with E-state index in [2.05, 4.69) is 11.4 Å². The average molecular weight is 319 g/mol. The molecule has 22 heavy (non-hydrogen) atoms. The number of carboxylic acid groups (broad SMARTS) is 1. The molecule has 0 saturated heterocycles. The number of ether oxygens (including phenoxy) is 1. The minimum Gasteiger partial charge on any atom is -0.480 e. The van der Waals surface area contributed by atoms with E-state index in [-0.39, 0.29) is 19.1 Å². The maximum atomic E-state index is 11.7. The number of benzene rings is 2. The van der Waals surface area contributed by atoms with Crippen LogP contribution in [0.15, 0.2) is 47.4 Å². The fourth-order valence-electron chi connectivity index (χ4n) is 1.88. The van der Waals surface area contributed by atoms with Crippen molar-refractivity contribution in [1.29, 1.82) is 0 Å². The van der Waals surface area contributed by atoms with Crippen LogP contribution < -0.4 is 5.32 Å². The molecule has 0 aliphatic heterocycles. The second kappa shape index (κ2) is 8.41. The Bertz CT molecular complexity index is 659. The van der Waals surface area contributed by atoms with Crippen molar-refractivity contribution in [3.8, 4) is 0 Å². The SMILES string of the molecule is O=C(O)COCCNC(=O)CSc1ccc2ccccc2c1. The molecular formula is C16H17NO4S. The molecule has 6 heteroatoms. The number of thioether (sulfide) groups is 1. The van der Waals surface area contributed by atoms with Gasteiger partial charge in [0.2, 0.25) is 5.91 Å². The first-order chi connectivity index (χ1) is 10.6. The molecule has 0 aromatic heterocycles. The summed E-state index contributed by atoms with van der Waals surface area (Å²) in [4.78, 5) is 22.9. The van der Waals surface area contributed by atoms with Crippen LogP contribution in [0.25, 0.3) is 10.8 Å². The summed E-state index contributed by atoms with van der Waals surface area (Å²) in [5.74, 6) is -0.799. The predicted octanol–water partition coefficient (Wildman–Crippen LogP) is 2.15. The molecule has 0 spiro atoms. The maximum absolute atomic E-state index is 11.7. The van der Waals surface area contributed by atoms with E-state index in [1.807, 2.05) is 36.4 Å². The van der Waals surface area contributed by atoms with Crippen LogP contribution in [-0.4, -0.2) is 42.5 Å². The molecule has 0 unspecified atom stereocenters. The van der Waals surface area contributed by atoms with Gasteiger partial charge in [-0.3, -0.25) is 4.79 Å². The molecule has 2 aromatic carbocycles. The van der Waals surface area contributed by atoms with Crippen LogP contribution in [0.4, 0.5) is 0 Å². The normalized spacial score (nSPS) is 10.5. The van der Waals surface area contributed by atoms with Gasteiger partial charge in [0.15, 0.2) is 0 Å². The maximum Gasteiger partial charge on any atom is 0.329 e. The number of amides is 1. The van der Waals surface area contributed by atoms with E-state index in [0.717, 1.165) is 10.3 Å². The molecule has 0 atom stereocenters. The molecule has 2 rings (SSSR count). The van der Waals surface area contributed by atoms with Gasteiger partial charge in [-0.1, -0.05) is 30.3 Å². The van der Waals surface area contributed by atoms with Crippen molar-refractivity contribution in [1.82, 2.24) is 5.32 Å². The van der Waals surface area contributed by atoms with E-state index in [9.17, 15) is 9.59 Å². The number of carbonyl (C=O) groups is 2. The van der Waals surface area contributed by atoms with Crippen molar-refractivity contribution in [3.05, 3.63) is 42.5 Å². The molecule has 2 aromatic rings. The van der Waals surface area contributed by atoms with Gasteiger partial charge in [-0.15, -0.1) is 11.8 Å². The van der Waals surface area contributed by atoms with Crippen LogP contribution in [0.1, 0.15) is 0 Å². The summed E-state index contributed by atoms with van der Waals surface area (Å²) >= 11 is 1.47. The highest BCUT2D eigenvalue weighted by Gasteiger charge is 2.03. The van der Waals surface area contributed by atoms with Gasteiger partial charge in [0.05, 0.1) is 12.4 Å².